The van der Waals surface area contributed by atoms with Gasteiger partial charge in [-0.25, -0.2) is 0 Å². The number of hydrogen-bond donors (Lipinski definition) is 1. The Labute approximate surface area is 135 Å². The Morgan fingerprint density at radius 3 is 3.23 bits per heavy atom. The summed E-state index contributed by atoms with van der Waals surface area (Å²) in [6.45, 7) is 3.09. The van der Waals surface area contributed by atoms with Gasteiger partial charge in [-0.05, 0) is 49.0 Å². The van der Waals surface area contributed by atoms with Crippen LogP contribution < -0.4 is 5.32 Å². The normalized spacial score (nSPS) is 31.3. The number of thiophene rings is 1. The van der Waals surface area contributed by atoms with Crippen LogP contribution in [0, 0.1) is 11.8 Å². The lowest BCUT2D eigenvalue weighted by Crippen LogP contribution is -2.52. The van der Waals surface area contributed by atoms with Crippen molar-refractivity contribution in [2.75, 3.05) is 0 Å². The Morgan fingerprint density at radius 1 is 1.41 bits per heavy atom. The van der Waals surface area contributed by atoms with E-state index in [0.717, 1.165) is 16.7 Å². The van der Waals surface area contributed by atoms with Crippen LogP contribution in [0.25, 0.3) is 10.8 Å². The monoisotopic (exact) mass is 317 g/mol. The van der Waals surface area contributed by atoms with Crippen LogP contribution >= 0.6 is 11.3 Å². The van der Waals surface area contributed by atoms with Gasteiger partial charge in [-0.15, -0.1) is 21.5 Å². The van der Waals surface area contributed by atoms with Crippen molar-refractivity contribution in [1.29, 1.82) is 0 Å². The van der Waals surface area contributed by atoms with Crippen LogP contribution in [0.3, 0.4) is 0 Å². The van der Waals surface area contributed by atoms with E-state index in [-0.39, 0.29) is 0 Å². The number of nitrogens with zero attached hydrogens (tertiary/aromatic N) is 2. The van der Waals surface area contributed by atoms with Gasteiger partial charge in [0.15, 0.2) is 0 Å². The summed E-state index contributed by atoms with van der Waals surface area (Å²) < 4.78 is 5.81. The molecule has 2 aliphatic carbocycles. The average Bonchev–Trinajstić information content (AvgIpc) is 3.16. The van der Waals surface area contributed by atoms with Gasteiger partial charge in [-0.3, -0.25) is 0 Å². The SMILES string of the molecule is CC1CC2CCCC(NCc3nnc(-c4cccs4)o3)(C1)C2. The molecule has 2 heterocycles. The minimum atomic E-state index is 0.304. The van der Waals surface area contributed by atoms with Crippen molar-refractivity contribution in [3.8, 4) is 10.8 Å². The van der Waals surface area contributed by atoms with E-state index in [1.165, 1.54) is 38.5 Å². The molecule has 0 radical (unpaired) electrons. The lowest BCUT2D eigenvalue weighted by Gasteiger charge is -2.48. The fraction of sp³-hybridized carbons (Fsp3) is 0.647. The highest BCUT2D eigenvalue weighted by Crippen LogP contribution is 2.45. The van der Waals surface area contributed by atoms with Crippen molar-refractivity contribution in [1.82, 2.24) is 15.5 Å². The molecule has 2 saturated carbocycles. The molecule has 0 amide bonds. The van der Waals surface area contributed by atoms with Crippen molar-refractivity contribution in [2.24, 2.45) is 11.8 Å². The summed E-state index contributed by atoms with van der Waals surface area (Å²) in [6, 6.07) is 4.02. The van der Waals surface area contributed by atoms with E-state index in [4.69, 9.17) is 4.42 Å². The predicted octanol–water partition coefficient (Wildman–Crippen LogP) is 4.25. The first-order valence-electron chi connectivity index (χ1n) is 8.34. The van der Waals surface area contributed by atoms with E-state index in [1.54, 1.807) is 11.3 Å². The number of fused-ring (bicyclic) bond motifs is 2. The van der Waals surface area contributed by atoms with Crippen molar-refractivity contribution in [3.05, 3.63) is 23.4 Å². The van der Waals surface area contributed by atoms with Gasteiger partial charge >= 0.3 is 0 Å². The van der Waals surface area contributed by atoms with Crippen molar-refractivity contribution in [2.45, 2.75) is 57.5 Å². The lowest BCUT2D eigenvalue weighted by atomic mass is 9.64. The fourth-order valence-corrected chi connectivity index (χ4v) is 5.16. The molecule has 118 valence electrons. The third kappa shape index (κ3) is 2.84. The Bertz CT molecular complexity index is 620. The number of aromatic nitrogens is 2. The fourth-order valence-electron chi connectivity index (χ4n) is 4.51. The third-order valence-corrected chi connectivity index (χ3v) is 6.09. The molecule has 0 spiro atoms. The van der Waals surface area contributed by atoms with E-state index in [2.05, 4.69) is 22.4 Å². The standard InChI is InChI=1S/C17H23N3OS/c1-12-8-13-4-2-6-17(9-12,10-13)18-11-15-19-20-16(21-15)14-5-3-7-22-14/h3,5,7,12-13,18H,2,4,6,8-11H2,1H3. The second-order valence-electron chi connectivity index (χ2n) is 7.12. The average molecular weight is 317 g/mol. The van der Waals surface area contributed by atoms with Crippen LogP contribution in [0.5, 0.6) is 0 Å². The van der Waals surface area contributed by atoms with Crippen molar-refractivity contribution in [3.63, 3.8) is 0 Å². The van der Waals surface area contributed by atoms with Gasteiger partial charge in [-0.1, -0.05) is 25.8 Å². The zero-order valence-electron chi connectivity index (χ0n) is 13.0. The largest absolute Gasteiger partial charge is 0.419 e. The van der Waals surface area contributed by atoms with Gasteiger partial charge < -0.3 is 9.73 Å². The van der Waals surface area contributed by atoms with Crippen LogP contribution in [-0.2, 0) is 6.54 Å². The predicted molar refractivity (Wildman–Crippen MR) is 87.5 cm³/mol. The van der Waals surface area contributed by atoms with Crippen LogP contribution in [-0.4, -0.2) is 15.7 Å². The zero-order chi connectivity index (χ0) is 15.0. The zero-order valence-corrected chi connectivity index (χ0v) is 13.9. The summed E-state index contributed by atoms with van der Waals surface area (Å²) in [6.07, 6.45) is 8.08. The van der Waals surface area contributed by atoms with Gasteiger partial charge in [-0.2, -0.15) is 0 Å². The third-order valence-electron chi connectivity index (χ3n) is 5.24. The van der Waals surface area contributed by atoms with Gasteiger partial charge in [0.25, 0.3) is 5.89 Å². The van der Waals surface area contributed by atoms with Crippen LogP contribution in [0.1, 0.15) is 51.3 Å². The molecule has 0 aliphatic heterocycles. The summed E-state index contributed by atoms with van der Waals surface area (Å²) in [5, 5.41) is 14.2. The smallest absolute Gasteiger partial charge is 0.257 e. The molecular weight excluding hydrogens is 294 g/mol. The molecule has 3 atom stereocenters. The summed E-state index contributed by atoms with van der Waals surface area (Å²) >= 11 is 1.63. The maximum absolute atomic E-state index is 5.81. The molecule has 22 heavy (non-hydrogen) atoms. The molecule has 4 rings (SSSR count). The molecular formula is C17H23N3OS. The van der Waals surface area contributed by atoms with Gasteiger partial charge in [0.1, 0.15) is 0 Å². The molecule has 1 N–H and O–H groups in total. The molecule has 3 unspecified atom stereocenters. The lowest BCUT2D eigenvalue weighted by molar-refractivity contribution is 0.0805. The maximum atomic E-state index is 5.81. The first-order chi connectivity index (χ1) is 10.7. The molecule has 2 aliphatic rings. The highest BCUT2D eigenvalue weighted by atomic mass is 32.1. The number of hydrogen-bond acceptors (Lipinski definition) is 5. The first-order valence-corrected chi connectivity index (χ1v) is 9.22. The Hall–Kier alpha value is -1.20. The molecule has 2 fully saturated rings. The molecule has 0 saturated heterocycles. The second-order valence-corrected chi connectivity index (χ2v) is 8.07. The van der Waals surface area contributed by atoms with Crippen LogP contribution in [0.4, 0.5) is 0 Å². The second kappa shape index (κ2) is 5.78. The van der Waals surface area contributed by atoms with Crippen molar-refractivity contribution >= 4 is 11.3 Å². The summed E-state index contributed by atoms with van der Waals surface area (Å²) in [5.41, 5.74) is 0.304. The minimum Gasteiger partial charge on any atom is -0.419 e. The quantitative estimate of drug-likeness (QED) is 0.916. The Kier molecular flexibility index (Phi) is 3.78. The van der Waals surface area contributed by atoms with E-state index in [9.17, 15) is 0 Å². The highest BCUT2D eigenvalue weighted by molar-refractivity contribution is 7.13. The molecule has 2 aromatic heterocycles. The minimum absolute atomic E-state index is 0.304. The number of rotatable bonds is 4. The van der Waals surface area contributed by atoms with Gasteiger partial charge in [0.05, 0.1) is 11.4 Å². The molecule has 2 bridgehead atoms. The van der Waals surface area contributed by atoms with E-state index in [0.29, 0.717) is 23.9 Å². The van der Waals surface area contributed by atoms with Crippen molar-refractivity contribution < 1.29 is 4.42 Å². The Morgan fingerprint density at radius 2 is 2.36 bits per heavy atom. The summed E-state index contributed by atoms with van der Waals surface area (Å²) in [7, 11) is 0. The highest BCUT2D eigenvalue weighted by Gasteiger charge is 2.41. The molecule has 0 aromatic carbocycles. The van der Waals surface area contributed by atoms with Gasteiger partial charge in [0.2, 0.25) is 5.89 Å². The van der Waals surface area contributed by atoms with Gasteiger partial charge in [0, 0.05) is 5.54 Å². The van der Waals surface area contributed by atoms with E-state index < -0.39 is 0 Å². The topological polar surface area (TPSA) is 51.0 Å². The molecule has 4 nitrogen and oxygen atoms in total. The number of nitrogens with one attached hydrogen (secondary N) is 1. The van der Waals surface area contributed by atoms with E-state index >= 15 is 0 Å². The molecule has 2 aromatic rings. The Balaban J connectivity index is 1.43. The van der Waals surface area contributed by atoms with Crippen LogP contribution in [0.15, 0.2) is 21.9 Å². The van der Waals surface area contributed by atoms with E-state index in [1.807, 2.05) is 17.5 Å². The van der Waals surface area contributed by atoms with Crippen LogP contribution in [0.2, 0.25) is 0 Å². The summed E-state index contributed by atoms with van der Waals surface area (Å²) in [5.74, 6) is 3.09. The summed E-state index contributed by atoms with van der Waals surface area (Å²) in [4.78, 5) is 1.04. The molecule has 5 heteroatoms. The maximum Gasteiger partial charge on any atom is 0.257 e. The first kappa shape index (κ1) is 14.4.